The maximum atomic E-state index is 13.2. The number of sulfonamides is 1. The van der Waals surface area contributed by atoms with Gasteiger partial charge in [-0.1, -0.05) is 11.6 Å². The maximum Gasteiger partial charge on any atom is 0.262 e. The summed E-state index contributed by atoms with van der Waals surface area (Å²) in [6, 6.07) is 9.21. The third kappa shape index (κ3) is 3.36. The summed E-state index contributed by atoms with van der Waals surface area (Å²) in [5.74, 6) is -0.712. The third-order valence-corrected chi connectivity index (χ3v) is 3.91. The molecule has 0 atom stereocenters. The van der Waals surface area contributed by atoms with Crippen molar-refractivity contribution in [2.45, 2.75) is 4.90 Å². The summed E-state index contributed by atoms with van der Waals surface area (Å²) in [6.07, 6.45) is 0. The van der Waals surface area contributed by atoms with Crippen molar-refractivity contribution < 1.29 is 12.8 Å². The lowest BCUT2D eigenvalue weighted by molar-refractivity contribution is 0.595. The van der Waals surface area contributed by atoms with Crippen LogP contribution in [0.1, 0.15) is 0 Å². The largest absolute Gasteiger partial charge is 0.399 e. The van der Waals surface area contributed by atoms with E-state index in [0.29, 0.717) is 10.7 Å². The Morgan fingerprint density at radius 2 is 1.74 bits per heavy atom. The average Bonchev–Trinajstić information content (AvgIpc) is 2.31. The monoisotopic (exact) mass is 300 g/mol. The number of anilines is 2. The van der Waals surface area contributed by atoms with Crippen LogP contribution in [0.4, 0.5) is 15.8 Å². The summed E-state index contributed by atoms with van der Waals surface area (Å²) in [6.45, 7) is 0. The molecule has 0 unspecified atom stereocenters. The predicted molar refractivity (Wildman–Crippen MR) is 73.1 cm³/mol. The van der Waals surface area contributed by atoms with Crippen LogP contribution in [0.3, 0.4) is 0 Å². The Hall–Kier alpha value is -1.79. The summed E-state index contributed by atoms with van der Waals surface area (Å²) in [7, 11) is -3.88. The highest BCUT2D eigenvalue weighted by atomic mass is 35.5. The number of hydrogen-bond acceptors (Lipinski definition) is 3. The van der Waals surface area contributed by atoms with Crippen LogP contribution >= 0.6 is 11.6 Å². The van der Waals surface area contributed by atoms with Crippen LogP contribution in [0.15, 0.2) is 47.4 Å². The summed E-state index contributed by atoms with van der Waals surface area (Å²) in [4.78, 5) is -0.236. The van der Waals surface area contributed by atoms with E-state index >= 15 is 0 Å². The lowest BCUT2D eigenvalue weighted by atomic mass is 10.3. The van der Waals surface area contributed by atoms with E-state index in [4.69, 9.17) is 17.3 Å². The fraction of sp³-hybridized carbons (Fsp3) is 0. The van der Waals surface area contributed by atoms with E-state index in [1.807, 2.05) is 0 Å². The highest BCUT2D eigenvalue weighted by Crippen LogP contribution is 2.20. The van der Waals surface area contributed by atoms with Gasteiger partial charge in [0.25, 0.3) is 10.0 Å². The van der Waals surface area contributed by atoms with Crippen molar-refractivity contribution in [1.29, 1.82) is 0 Å². The molecule has 2 rings (SSSR count). The first-order valence-electron chi connectivity index (χ1n) is 5.21. The van der Waals surface area contributed by atoms with E-state index in [-0.39, 0.29) is 10.6 Å². The van der Waals surface area contributed by atoms with Crippen molar-refractivity contribution in [2.24, 2.45) is 0 Å². The number of nitrogens with two attached hydrogens (primary N) is 1. The Labute approximate surface area is 115 Å². The fourth-order valence-electron chi connectivity index (χ4n) is 1.47. The van der Waals surface area contributed by atoms with Crippen LogP contribution in [0.2, 0.25) is 5.02 Å². The van der Waals surface area contributed by atoms with Gasteiger partial charge in [-0.15, -0.1) is 0 Å². The molecule has 2 aromatic carbocycles. The van der Waals surface area contributed by atoms with E-state index in [1.54, 1.807) is 12.1 Å². The van der Waals surface area contributed by atoms with Gasteiger partial charge in [0.2, 0.25) is 0 Å². The molecule has 100 valence electrons. The zero-order valence-electron chi connectivity index (χ0n) is 9.60. The smallest absolute Gasteiger partial charge is 0.262 e. The molecule has 0 aliphatic carbocycles. The third-order valence-electron chi connectivity index (χ3n) is 2.30. The molecule has 0 aliphatic heterocycles. The molecule has 0 aromatic heterocycles. The highest BCUT2D eigenvalue weighted by molar-refractivity contribution is 7.92. The molecular formula is C12H10ClFN2O2S. The SMILES string of the molecule is Nc1cc(F)cc(S(=O)(=O)Nc2ccc(Cl)cc2)c1. The number of rotatable bonds is 3. The van der Waals surface area contributed by atoms with E-state index in [0.717, 1.165) is 12.1 Å². The van der Waals surface area contributed by atoms with Crippen molar-refractivity contribution in [3.8, 4) is 0 Å². The predicted octanol–water partition coefficient (Wildman–Crippen LogP) is 2.86. The van der Waals surface area contributed by atoms with Crippen LogP contribution in [0, 0.1) is 5.82 Å². The number of hydrogen-bond donors (Lipinski definition) is 2. The van der Waals surface area contributed by atoms with Gasteiger partial charge in [0.15, 0.2) is 0 Å². The summed E-state index contributed by atoms with van der Waals surface area (Å²) >= 11 is 5.70. The zero-order chi connectivity index (χ0) is 14.0. The first kappa shape index (κ1) is 13.6. The molecule has 0 fully saturated rings. The molecule has 0 saturated carbocycles. The van der Waals surface area contributed by atoms with Gasteiger partial charge in [0.05, 0.1) is 4.90 Å². The van der Waals surface area contributed by atoms with Gasteiger partial charge in [-0.2, -0.15) is 0 Å². The van der Waals surface area contributed by atoms with Gasteiger partial charge in [0, 0.05) is 16.4 Å². The van der Waals surface area contributed by atoms with Gasteiger partial charge >= 0.3 is 0 Å². The van der Waals surface area contributed by atoms with E-state index in [9.17, 15) is 12.8 Å². The molecular weight excluding hydrogens is 291 g/mol. The first-order chi connectivity index (χ1) is 8.87. The van der Waals surface area contributed by atoms with Crippen LogP contribution in [-0.4, -0.2) is 8.42 Å². The molecule has 0 heterocycles. The summed E-state index contributed by atoms with van der Waals surface area (Å²) < 4.78 is 39.5. The number of halogens is 2. The van der Waals surface area contributed by atoms with Gasteiger partial charge in [0.1, 0.15) is 5.82 Å². The molecule has 3 N–H and O–H groups in total. The molecule has 0 aliphatic rings. The quantitative estimate of drug-likeness (QED) is 0.856. The number of nitrogens with one attached hydrogen (secondary N) is 1. The first-order valence-corrected chi connectivity index (χ1v) is 7.07. The average molecular weight is 301 g/mol. The Morgan fingerprint density at radius 1 is 1.11 bits per heavy atom. The second kappa shape index (κ2) is 5.07. The van der Waals surface area contributed by atoms with Crippen molar-refractivity contribution in [1.82, 2.24) is 0 Å². The summed E-state index contributed by atoms with van der Waals surface area (Å²) in [5.41, 5.74) is 5.78. The van der Waals surface area contributed by atoms with E-state index in [2.05, 4.69) is 4.72 Å². The Balaban J connectivity index is 2.34. The van der Waals surface area contributed by atoms with Crippen LogP contribution in [0.25, 0.3) is 0 Å². The minimum Gasteiger partial charge on any atom is -0.399 e. The Kier molecular flexibility index (Phi) is 3.64. The van der Waals surface area contributed by atoms with Crippen molar-refractivity contribution >= 4 is 33.0 Å². The number of nitrogen functional groups attached to an aromatic ring is 1. The van der Waals surface area contributed by atoms with E-state index < -0.39 is 15.8 Å². The fourth-order valence-corrected chi connectivity index (χ4v) is 2.72. The minimum atomic E-state index is -3.88. The molecule has 0 saturated heterocycles. The van der Waals surface area contributed by atoms with E-state index in [1.165, 1.54) is 18.2 Å². The highest BCUT2D eigenvalue weighted by Gasteiger charge is 2.15. The lowest BCUT2D eigenvalue weighted by Crippen LogP contribution is -2.13. The molecule has 0 amide bonds. The second-order valence-electron chi connectivity index (χ2n) is 3.83. The topological polar surface area (TPSA) is 72.2 Å². The van der Waals surface area contributed by atoms with Crippen LogP contribution in [0.5, 0.6) is 0 Å². The normalized spacial score (nSPS) is 11.3. The zero-order valence-corrected chi connectivity index (χ0v) is 11.2. The standard InChI is InChI=1S/C12H10ClFN2O2S/c13-8-1-3-11(4-2-8)16-19(17,18)12-6-9(14)5-10(15)7-12/h1-7,16H,15H2. The molecule has 0 bridgehead atoms. The second-order valence-corrected chi connectivity index (χ2v) is 5.95. The number of benzene rings is 2. The summed E-state index contributed by atoms with van der Waals surface area (Å²) in [5, 5.41) is 0.484. The minimum absolute atomic E-state index is 0.0384. The molecule has 4 nitrogen and oxygen atoms in total. The van der Waals surface area contributed by atoms with Gasteiger partial charge in [-0.05, 0) is 42.5 Å². The van der Waals surface area contributed by atoms with Gasteiger partial charge in [-0.25, -0.2) is 12.8 Å². The Bertz CT molecular complexity index is 682. The molecule has 0 radical (unpaired) electrons. The van der Waals surface area contributed by atoms with Gasteiger partial charge < -0.3 is 5.73 Å². The lowest BCUT2D eigenvalue weighted by Gasteiger charge is -2.09. The van der Waals surface area contributed by atoms with Crippen molar-refractivity contribution in [2.75, 3.05) is 10.5 Å². The van der Waals surface area contributed by atoms with Crippen molar-refractivity contribution in [3.05, 3.63) is 53.3 Å². The van der Waals surface area contributed by atoms with Crippen LogP contribution < -0.4 is 10.5 Å². The van der Waals surface area contributed by atoms with Gasteiger partial charge in [-0.3, -0.25) is 4.72 Å². The molecule has 0 spiro atoms. The Morgan fingerprint density at radius 3 is 2.32 bits per heavy atom. The molecule has 7 heteroatoms. The molecule has 2 aromatic rings. The maximum absolute atomic E-state index is 13.2. The van der Waals surface area contributed by atoms with Crippen LogP contribution in [-0.2, 0) is 10.0 Å². The molecule has 19 heavy (non-hydrogen) atoms. The van der Waals surface area contributed by atoms with Crippen molar-refractivity contribution in [3.63, 3.8) is 0 Å².